The maximum atomic E-state index is 11.8. The van der Waals surface area contributed by atoms with Crippen molar-refractivity contribution in [3.63, 3.8) is 0 Å². The zero-order valence-corrected chi connectivity index (χ0v) is 9.96. The summed E-state index contributed by atoms with van der Waals surface area (Å²) in [6, 6.07) is 9.06. The second kappa shape index (κ2) is 4.81. The number of carbonyl (C=O) groups is 1. The first kappa shape index (κ1) is 11.3. The van der Waals surface area contributed by atoms with Crippen LogP contribution in [-0.2, 0) is 0 Å². The highest BCUT2D eigenvalue weighted by molar-refractivity contribution is 6.04. The average Bonchev–Trinajstić information content (AvgIpc) is 3.13. The molecule has 0 saturated heterocycles. The van der Waals surface area contributed by atoms with Crippen molar-refractivity contribution in [2.45, 2.75) is 0 Å². The van der Waals surface area contributed by atoms with Gasteiger partial charge in [-0.15, -0.1) is 0 Å². The van der Waals surface area contributed by atoms with Crippen LogP contribution in [0.15, 0.2) is 59.7 Å². The van der Waals surface area contributed by atoms with E-state index in [2.05, 4.69) is 15.3 Å². The van der Waals surface area contributed by atoms with Crippen LogP contribution in [-0.4, -0.2) is 15.9 Å². The first-order valence-corrected chi connectivity index (χ1v) is 5.76. The molecule has 0 saturated carbocycles. The van der Waals surface area contributed by atoms with E-state index < -0.39 is 0 Å². The van der Waals surface area contributed by atoms with Gasteiger partial charge in [-0.3, -0.25) is 4.79 Å². The normalized spacial score (nSPS) is 10.3. The molecular formula is C14H11N3O2. The van der Waals surface area contributed by atoms with Crippen molar-refractivity contribution in [1.29, 1.82) is 0 Å². The fourth-order valence-electron chi connectivity index (χ4n) is 1.73. The van der Waals surface area contributed by atoms with Crippen LogP contribution in [0.4, 0.5) is 5.69 Å². The highest BCUT2D eigenvalue weighted by Crippen LogP contribution is 2.18. The number of rotatable bonds is 3. The summed E-state index contributed by atoms with van der Waals surface area (Å²) in [6.07, 6.45) is 6.34. The largest absolute Gasteiger partial charge is 0.472 e. The summed E-state index contributed by atoms with van der Waals surface area (Å²) in [5.74, 6) is 0.604. The Morgan fingerprint density at radius 3 is 2.68 bits per heavy atom. The lowest BCUT2D eigenvalue weighted by Crippen LogP contribution is -2.10. The number of nitrogens with one attached hydrogen (secondary N) is 2. The van der Waals surface area contributed by atoms with E-state index in [1.54, 1.807) is 18.5 Å². The number of carbonyl (C=O) groups excluding carboxylic acids is 1. The molecule has 1 aromatic carbocycles. The van der Waals surface area contributed by atoms with Crippen LogP contribution < -0.4 is 5.32 Å². The molecule has 0 spiro atoms. The van der Waals surface area contributed by atoms with Gasteiger partial charge in [-0.05, 0) is 30.3 Å². The van der Waals surface area contributed by atoms with Crippen LogP contribution >= 0.6 is 0 Å². The van der Waals surface area contributed by atoms with E-state index in [0.29, 0.717) is 5.56 Å². The van der Waals surface area contributed by atoms with E-state index in [1.165, 1.54) is 12.5 Å². The molecule has 3 aromatic rings. The molecule has 0 aliphatic carbocycles. The second-order valence-electron chi connectivity index (χ2n) is 3.98. The number of H-pyrrole nitrogens is 1. The zero-order valence-electron chi connectivity index (χ0n) is 9.96. The molecule has 1 amide bonds. The fraction of sp³-hybridized carbons (Fsp3) is 0. The molecule has 2 N–H and O–H groups in total. The van der Waals surface area contributed by atoms with Crippen molar-refractivity contribution in [3.05, 3.63) is 60.8 Å². The Labute approximate surface area is 109 Å². The molecule has 5 nitrogen and oxygen atoms in total. The number of furan rings is 1. The summed E-state index contributed by atoms with van der Waals surface area (Å²) in [5.41, 5.74) is 2.18. The Morgan fingerprint density at radius 1 is 1.21 bits per heavy atom. The van der Waals surface area contributed by atoms with Crippen molar-refractivity contribution in [1.82, 2.24) is 9.97 Å². The molecular weight excluding hydrogens is 242 g/mol. The Hall–Kier alpha value is -2.82. The molecule has 0 radical (unpaired) electrons. The van der Waals surface area contributed by atoms with Crippen LogP contribution in [0.3, 0.4) is 0 Å². The number of imidazole rings is 1. The quantitative estimate of drug-likeness (QED) is 0.753. The van der Waals surface area contributed by atoms with Gasteiger partial charge in [-0.25, -0.2) is 4.98 Å². The number of aromatic amines is 1. The third kappa shape index (κ3) is 2.40. The van der Waals surface area contributed by atoms with Gasteiger partial charge in [0.05, 0.1) is 11.8 Å². The van der Waals surface area contributed by atoms with Gasteiger partial charge in [0.2, 0.25) is 0 Å². The monoisotopic (exact) mass is 253 g/mol. The fourth-order valence-corrected chi connectivity index (χ4v) is 1.73. The van der Waals surface area contributed by atoms with Crippen LogP contribution in [0, 0.1) is 0 Å². The van der Waals surface area contributed by atoms with Crippen LogP contribution in [0.25, 0.3) is 11.4 Å². The number of hydrogen-bond acceptors (Lipinski definition) is 3. The highest BCUT2D eigenvalue weighted by atomic mass is 16.3. The smallest absolute Gasteiger partial charge is 0.258 e. The van der Waals surface area contributed by atoms with Gasteiger partial charge >= 0.3 is 0 Å². The molecule has 19 heavy (non-hydrogen) atoms. The Kier molecular flexibility index (Phi) is 2.86. The topological polar surface area (TPSA) is 70.9 Å². The predicted molar refractivity (Wildman–Crippen MR) is 70.7 cm³/mol. The molecule has 94 valence electrons. The molecule has 5 heteroatoms. The molecule has 0 bridgehead atoms. The Morgan fingerprint density at radius 2 is 2.05 bits per heavy atom. The Bertz CT molecular complexity index is 655. The minimum atomic E-state index is -0.195. The number of nitrogens with zero attached hydrogens (tertiary/aromatic N) is 1. The van der Waals surface area contributed by atoms with E-state index >= 15 is 0 Å². The number of amides is 1. The lowest BCUT2D eigenvalue weighted by molar-refractivity contribution is 0.102. The van der Waals surface area contributed by atoms with Gasteiger partial charge in [0, 0.05) is 23.6 Å². The van der Waals surface area contributed by atoms with Crippen molar-refractivity contribution >= 4 is 11.6 Å². The first-order chi connectivity index (χ1) is 9.33. The summed E-state index contributed by atoms with van der Waals surface area (Å²) in [4.78, 5) is 19.0. The number of anilines is 1. The van der Waals surface area contributed by atoms with Gasteiger partial charge in [0.1, 0.15) is 12.1 Å². The van der Waals surface area contributed by atoms with Crippen LogP contribution in [0.1, 0.15) is 10.4 Å². The van der Waals surface area contributed by atoms with E-state index in [4.69, 9.17) is 4.42 Å². The Balaban J connectivity index is 1.75. The maximum Gasteiger partial charge on any atom is 0.258 e. The highest BCUT2D eigenvalue weighted by Gasteiger charge is 2.07. The van der Waals surface area contributed by atoms with E-state index in [0.717, 1.165) is 17.1 Å². The summed E-state index contributed by atoms with van der Waals surface area (Å²) in [6.45, 7) is 0. The lowest BCUT2D eigenvalue weighted by Gasteiger charge is -2.04. The third-order valence-electron chi connectivity index (χ3n) is 2.70. The van der Waals surface area contributed by atoms with E-state index in [-0.39, 0.29) is 5.91 Å². The molecule has 0 unspecified atom stereocenters. The van der Waals surface area contributed by atoms with Crippen molar-refractivity contribution in [2.75, 3.05) is 5.32 Å². The second-order valence-corrected chi connectivity index (χ2v) is 3.98. The van der Waals surface area contributed by atoms with Gasteiger partial charge in [0.25, 0.3) is 5.91 Å². The predicted octanol–water partition coefficient (Wildman–Crippen LogP) is 2.92. The maximum absolute atomic E-state index is 11.8. The van der Waals surface area contributed by atoms with Crippen molar-refractivity contribution in [3.8, 4) is 11.4 Å². The first-order valence-electron chi connectivity index (χ1n) is 5.76. The molecule has 0 aliphatic rings. The summed E-state index contributed by atoms with van der Waals surface area (Å²) >= 11 is 0. The van der Waals surface area contributed by atoms with E-state index in [9.17, 15) is 4.79 Å². The third-order valence-corrected chi connectivity index (χ3v) is 2.70. The van der Waals surface area contributed by atoms with Gasteiger partial charge in [-0.1, -0.05) is 0 Å². The zero-order chi connectivity index (χ0) is 13.1. The van der Waals surface area contributed by atoms with Crippen molar-refractivity contribution in [2.24, 2.45) is 0 Å². The minimum absolute atomic E-state index is 0.195. The molecule has 0 aliphatic heterocycles. The van der Waals surface area contributed by atoms with Crippen LogP contribution in [0.2, 0.25) is 0 Å². The van der Waals surface area contributed by atoms with Gasteiger partial charge in [-0.2, -0.15) is 0 Å². The molecule has 2 heterocycles. The standard InChI is InChI=1S/C14H11N3O2/c18-14(11-5-8-19-9-11)17-12-3-1-10(2-4-12)13-15-6-7-16-13/h1-9H,(H,15,16)(H,17,18). The summed E-state index contributed by atoms with van der Waals surface area (Å²) < 4.78 is 4.87. The van der Waals surface area contributed by atoms with Gasteiger partial charge < -0.3 is 14.7 Å². The van der Waals surface area contributed by atoms with Gasteiger partial charge in [0.15, 0.2) is 0 Å². The molecule has 0 fully saturated rings. The van der Waals surface area contributed by atoms with E-state index in [1.807, 2.05) is 24.3 Å². The minimum Gasteiger partial charge on any atom is -0.472 e. The number of aromatic nitrogens is 2. The SMILES string of the molecule is O=C(Nc1ccc(-c2ncc[nH]2)cc1)c1ccoc1. The number of hydrogen-bond donors (Lipinski definition) is 2. The average molecular weight is 253 g/mol. The number of benzene rings is 1. The van der Waals surface area contributed by atoms with Crippen molar-refractivity contribution < 1.29 is 9.21 Å². The molecule has 0 atom stereocenters. The molecule has 3 rings (SSSR count). The summed E-state index contributed by atoms with van der Waals surface area (Å²) in [7, 11) is 0. The summed E-state index contributed by atoms with van der Waals surface area (Å²) in [5, 5.41) is 2.79. The lowest BCUT2D eigenvalue weighted by atomic mass is 10.2. The molecule has 2 aromatic heterocycles. The van der Waals surface area contributed by atoms with Crippen LogP contribution in [0.5, 0.6) is 0 Å².